The van der Waals surface area contributed by atoms with Crippen LogP contribution in [-0.2, 0) is 0 Å². The number of rotatable bonds is 1. The van der Waals surface area contributed by atoms with E-state index in [1.54, 1.807) is 17.0 Å². The standard InChI is InChI=1S/CH3BS2/c1-4-2-3/h1H3. The fourth-order valence-corrected chi connectivity index (χ4v) is 0. The van der Waals surface area contributed by atoms with Crippen LogP contribution in [0.5, 0.6) is 0 Å². The molecule has 4 heavy (non-hydrogen) atoms. The Morgan fingerprint density at radius 1 is 2.00 bits per heavy atom. The second-order valence-corrected chi connectivity index (χ2v) is 1.57. The summed E-state index contributed by atoms with van der Waals surface area (Å²) in [5.74, 6) is 0. The van der Waals surface area contributed by atoms with Gasteiger partial charge < -0.3 is 0 Å². The Morgan fingerprint density at radius 3 is 2.25 bits per heavy atom. The predicted molar refractivity (Wildman–Crippen MR) is 26.9 cm³/mol. The zero-order valence-corrected chi connectivity index (χ0v) is 4.03. The fourth-order valence-electron chi connectivity index (χ4n) is 0. The zero-order chi connectivity index (χ0) is 3.41. The van der Waals surface area contributed by atoms with Gasteiger partial charge in [-0.1, -0.05) is 0 Å². The molecule has 3 heteroatoms. The van der Waals surface area contributed by atoms with Crippen molar-refractivity contribution in [1.29, 1.82) is 0 Å². The van der Waals surface area contributed by atoms with Gasteiger partial charge in [-0.3, -0.25) is 0 Å². The number of hydrogen-bond donors (Lipinski definition) is 0. The Bertz CT molecular complexity index is 20.0. The first kappa shape index (κ1) is 4.63. The van der Waals surface area contributed by atoms with Crippen LogP contribution < -0.4 is 0 Å². The summed E-state index contributed by atoms with van der Waals surface area (Å²) < 4.78 is 0. The minimum absolute atomic E-state index is 1.55. The van der Waals surface area contributed by atoms with Crippen LogP contribution in [0.4, 0.5) is 0 Å². The molecule has 0 aromatic heterocycles. The van der Waals surface area contributed by atoms with Crippen LogP contribution >= 0.6 is 23.7 Å². The molecule has 0 aliphatic heterocycles. The SMILES string of the molecule is CSB=S. The molecule has 0 fully saturated rings. The molecule has 0 saturated heterocycles. The summed E-state index contributed by atoms with van der Waals surface area (Å²) >= 11 is 5.94. The maximum atomic E-state index is 4.39. The van der Waals surface area contributed by atoms with Crippen molar-refractivity contribution in [2.45, 2.75) is 0 Å². The molecule has 0 amide bonds. The van der Waals surface area contributed by atoms with Gasteiger partial charge in [0, 0.05) is 0 Å². The van der Waals surface area contributed by atoms with Gasteiger partial charge in [-0.05, 0) is 0 Å². The summed E-state index contributed by atoms with van der Waals surface area (Å²) in [6, 6.07) is 0. The normalized spacial score (nSPS) is 5.25. The van der Waals surface area contributed by atoms with Crippen molar-refractivity contribution in [2.75, 3.05) is 6.26 Å². The van der Waals surface area contributed by atoms with E-state index in [4.69, 9.17) is 0 Å². The van der Waals surface area contributed by atoms with Crippen LogP contribution in [0.2, 0.25) is 0 Å². The number of hydrogen-bond acceptors (Lipinski definition) is 2. The van der Waals surface area contributed by atoms with E-state index < -0.39 is 0 Å². The Kier molecular flexibility index (Phi) is 4.21. The van der Waals surface area contributed by atoms with Crippen LogP contribution in [0.1, 0.15) is 0 Å². The molecule has 0 saturated carbocycles. The van der Waals surface area contributed by atoms with Crippen molar-refractivity contribution < 1.29 is 0 Å². The molecule has 22 valence electrons. The van der Waals surface area contributed by atoms with Gasteiger partial charge in [-0.15, -0.1) is 0 Å². The Balaban J connectivity index is 2.30. The molecule has 0 aromatic carbocycles. The first-order chi connectivity index (χ1) is 1.91. The van der Waals surface area contributed by atoms with E-state index in [2.05, 4.69) is 12.1 Å². The summed E-state index contributed by atoms with van der Waals surface area (Å²) in [6.45, 7) is 0. The molecule has 0 aromatic rings. The van der Waals surface area contributed by atoms with E-state index >= 15 is 0 Å². The van der Waals surface area contributed by atoms with Gasteiger partial charge >= 0.3 is 35.4 Å². The van der Waals surface area contributed by atoms with Crippen molar-refractivity contribution in [3.05, 3.63) is 0 Å². The van der Waals surface area contributed by atoms with E-state index in [0.29, 0.717) is 0 Å². The van der Waals surface area contributed by atoms with Gasteiger partial charge in [0.2, 0.25) is 0 Å². The molecule has 0 heterocycles. The van der Waals surface area contributed by atoms with Crippen molar-refractivity contribution >= 4 is 29.1 Å². The van der Waals surface area contributed by atoms with Crippen molar-refractivity contribution in [3.8, 4) is 0 Å². The molecular weight excluding hydrogens is 87.0 g/mol. The van der Waals surface area contributed by atoms with Crippen molar-refractivity contribution in [3.63, 3.8) is 0 Å². The van der Waals surface area contributed by atoms with Gasteiger partial charge in [0.15, 0.2) is 0 Å². The first-order valence-electron chi connectivity index (χ1n) is 0.880. The average Bonchev–Trinajstić information content (AvgIpc) is 1.37. The molecule has 0 atom stereocenters. The summed E-state index contributed by atoms with van der Waals surface area (Å²) in [6.07, 6.45) is 1.94. The van der Waals surface area contributed by atoms with E-state index in [0.717, 1.165) is 0 Å². The van der Waals surface area contributed by atoms with Crippen LogP contribution in [0.15, 0.2) is 0 Å². The molecule has 0 radical (unpaired) electrons. The molecule has 0 bridgehead atoms. The second-order valence-electron chi connectivity index (χ2n) is 0.332. The van der Waals surface area contributed by atoms with Crippen molar-refractivity contribution in [2.24, 2.45) is 0 Å². The monoisotopic (exact) mass is 90.0 g/mol. The van der Waals surface area contributed by atoms with E-state index in [1.165, 1.54) is 0 Å². The van der Waals surface area contributed by atoms with Gasteiger partial charge in [-0.25, -0.2) is 0 Å². The van der Waals surface area contributed by atoms with Gasteiger partial charge in [0.1, 0.15) is 0 Å². The molecule has 0 aliphatic carbocycles. The Labute approximate surface area is 36.0 Å². The third kappa shape index (κ3) is 2.63. The molecule has 0 nitrogen and oxygen atoms in total. The molecular formula is CH3BS2. The van der Waals surface area contributed by atoms with Crippen molar-refractivity contribution in [1.82, 2.24) is 0 Å². The van der Waals surface area contributed by atoms with Crippen LogP contribution in [-0.4, -0.2) is 11.7 Å². The third-order valence-electron chi connectivity index (χ3n) is 0.0962. The fraction of sp³-hybridized carbons (Fsp3) is 1.00. The minimum atomic E-state index is 1.55. The quantitative estimate of drug-likeness (QED) is 0.442. The second kappa shape index (κ2) is 3.63. The summed E-state index contributed by atoms with van der Waals surface area (Å²) in [5, 5.41) is 0. The summed E-state index contributed by atoms with van der Waals surface area (Å²) in [5.41, 5.74) is 1.62. The molecule has 0 spiro atoms. The Morgan fingerprint density at radius 2 is 2.25 bits per heavy atom. The van der Waals surface area contributed by atoms with E-state index in [1.807, 2.05) is 6.26 Å². The van der Waals surface area contributed by atoms with Gasteiger partial charge in [0.05, 0.1) is 0 Å². The summed E-state index contributed by atoms with van der Waals surface area (Å²) in [4.78, 5) is 0. The molecule has 0 aliphatic rings. The van der Waals surface area contributed by atoms with Crippen LogP contribution in [0, 0.1) is 0 Å². The van der Waals surface area contributed by atoms with Gasteiger partial charge in [-0.2, -0.15) is 0 Å². The molecule has 0 rings (SSSR count). The van der Waals surface area contributed by atoms with Gasteiger partial charge in [0.25, 0.3) is 0 Å². The van der Waals surface area contributed by atoms with Crippen LogP contribution in [0.25, 0.3) is 0 Å². The van der Waals surface area contributed by atoms with Crippen LogP contribution in [0.3, 0.4) is 0 Å². The first-order valence-corrected chi connectivity index (χ1v) is 2.64. The van der Waals surface area contributed by atoms with E-state index in [-0.39, 0.29) is 0 Å². The predicted octanol–water partition coefficient (Wildman–Crippen LogP) is 1.08. The third-order valence-corrected chi connectivity index (χ3v) is 0.866. The average molecular weight is 90.0 g/mol. The van der Waals surface area contributed by atoms with E-state index in [9.17, 15) is 0 Å². The summed E-state index contributed by atoms with van der Waals surface area (Å²) in [7, 11) is 0. The molecule has 0 unspecified atom stereocenters. The molecule has 0 N–H and O–H groups in total. The maximum absolute atomic E-state index is 4.39. The Hall–Kier alpha value is 0.635. The topological polar surface area (TPSA) is 0 Å². The zero-order valence-electron chi connectivity index (χ0n) is 2.39.